The zero-order valence-corrected chi connectivity index (χ0v) is 12.6. The molecule has 0 aliphatic rings. The lowest BCUT2D eigenvalue weighted by atomic mass is 10.00. The van der Waals surface area contributed by atoms with Crippen molar-refractivity contribution in [1.29, 1.82) is 0 Å². The van der Waals surface area contributed by atoms with E-state index in [4.69, 9.17) is 5.73 Å². The van der Waals surface area contributed by atoms with Crippen LogP contribution < -0.4 is 10.5 Å². The molecule has 0 spiro atoms. The molecule has 5 nitrogen and oxygen atoms in total. The van der Waals surface area contributed by atoms with Crippen LogP contribution in [0.15, 0.2) is 36.7 Å². The summed E-state index contributed by atoms with van der Waals surface area (Å²) in [5, 5.41) is 9.52. The molecule has 3 rings (SSSR count). The van der Waals surface area contributed by atoms with Crippen LogP contribution in [0.5, 0.6) is 5.75 Å². The molecule has 0 aliphatic heterocycles. The summed E-state index contributed by atoms with van der Waals surface area (Å²) in [6.45, 7) is -0.236. The zero-order chi connectivity index (χ0) is 17.5. The van der Waals surface area contributed by atoms with Crippen molar-refractivity contribution in [2.75, 3.05) is 5.73 Å². The minimum atomic E-state index is -4.73. The Labute approximate surface area is 135 Å². The fourth-order valence-corrected chi connectivity index (χ4v) is 2.65. The van der Waals surface area contributed by atoms with Gasteiger partial charge < -0.3 is 20.1 Å². The van der Waals surface area contributed by atoms with E-state index in [1.165, 1.54) is 24.3 Å². The van der Waals surface area contributed by atoms with Gasteiger partial charge in [0.15, 0.2) is 0 Å². The number of hydrogen-bond donors (Lipinski definition) is 2. The number of aliphatic hydroxyl groups is 1. The van der Waals surface area contributed by atoms with E-state index in [-0.39, 0.29) is 12.4 Å². The molecule has 126 valence electrons. The van der Waals surface area contributed by atoms with Crippen molar-refractivity contribution in [3.8, 4) is 16.9 Å². The topological polar surface area (TPSA) is 73.3 Å². The first-order chi connectivity index (χ1) is 11.3. The smallest absolute Gasteiger partial charge is 0.406 e. The number of ether oxygens (including phenoxy) is 1. The lowest BCUT2D eigenvalue weighted by molar-refractivity contribution is -0.274. The average Bonchev–Trinajstić information content (AvgIpc) is 2.88. The van der Waals surface area contributed by atoms with Crippen LogP contribution in [0.2, 0.25) is 0 Å². The van der Waals surface area contributed by atoms with Crippen molar-refractivity contribution < 1.29 is 23.0 Å². The van der Waals surface area contributed by atoms with Crippen LogP contribution in [0, 0.1) is 0 Å². The monoisotopic (exact) mass is 337 g/mol. The highest BCUT2D eigenvalue weighted by molar-refractivity contribution is 5.97. The minimum Gasteiger partial charge on any atom is -0.406 e. The molecule has 0 amide bonds. The molecular weight excluding hydrogens is 323 g/mol. The Bertz CT molecular complexity index is 886. The van der Waals surface area contributed by atoms with Crippen LogP contribution in [0.25, 0.3) is 22.2 Å². The highest BCUT2D eigenvalue weighted by Crippen LogP contribution is 2.35. The number of aromatic nitrogens is 2. The number of rotatable bonds is 3. The van der Waals surface area contributed by atoms with Crippen LogP contribution in [-0.4, -0.2) is 21.0 Å². The normalized spacial score (nSPS) is 11.9. The molecule has 24 heavy (non-hydrogen) atoms. The summed E-state index contributed by atoms with van der Waals surface area (Å²) in [5.74, 6) is -0.302. The molecule has 1 heterocycles. The Hall–Kier alpha value is -2.74. The molecule has 2 aromatic carbocycles. The molecule has 0 fully saturated rings. The molecule has 0 radical (unpaired) electrons. The third-order valence-corrected chi connectivity index (χ3v) is 3.68. The third-order valence-electron chi connectivity index (χ3n) is 3.68. The van der Waals surface area contributed by atoms with E-state index in [0.29, 0.717) is 33.4 Å². The van der Waals surface area contributed by atoms with E-state index in [2.05, 4.69) is 9.72 Å². The van der Waals surface area contributed by atoms with E-state index >= 15 is 0 Å². The summed E-state index contributed by atoms with van der Waals surface area (Å²) in [6, 6.07) is 7.12. The maximum atomic E-state index is 12.2. The van der Waals surface area contributed by atoms with Gasteiger partial charge in [0, 0.05) is 23.9 Å². The zero-order valence-electron chi connectivity index (χ0n) is 12.6. The molecule has 0 saturated carbocycles. The fourth-order valence-electron chi connectivity index (χ4n) is 2.65. The number of halogens is 3. The Balaban J connectivity index is 2.10. The summed E-state index contributed by atoms with van der Waals surface area (Å²) in [4.78, 5) is 4.31. The number of aliphatic hydroxyl groups excluding tert-OH is 1. The maximum absolute atomic E-state index is 12.2. The molecule has 0 atom stereocenters. The quantitative estimate of drug-likeness (QED) is 0.720. The lowest BCUT2D eigenvalue weighted by Gasteiger charge is -2.12. The summed E-state index contributed by atoms with van der Waals surface area (Å²) in [7, 11) is 1.78. The Morgan fingerprint density at radius 3 is 2.50 bits per heavy atom. The molecule has 0 unspecified atom stereocenters. The largest absolute Gasteiger partial charge is 0.573 e. The fraction of sp³-hybridized carbons (Fsp3) is 0.188. The Morgan fingerprint density at radius 2 is 1.92 bits per heavy atom. The highest BCUT2D eigenvalue weighted by atomic mass is 19.4. The number of anilines is 1. The van der Waals surface area contributed by atoms with Gasteiger partial charge in [-0.1, -0.05) is 12.1 Å². The van der Waals surface area contributed by atoms with E-state index in [0.717, 1.165) is 0 Å². The predicted octanol–water partition coefficient (Wildman–Crippen LogP) is 3.21. The lowest BCUT2D eigenvalue weighted by Crippen LogP contribution is -2.16. The highest BCUT2D eigenvalue weighted by Gasteiger charge is 2.31. The van der Waals surface area contributed by atoms with Crippen LogP contribution in [0.1, 0.15) is 5.56 Å². The third kappa shape index (κ3) is 2.88. The van der Waals surface area contributed by atoms with Gasteiger partial charge >= 0.3 is 6.36 Å². The number of benzene rings is 2. The van der Waals surface area contributed by atoms with Crippen LogP contribution >= 0.6 is 0 Å². The number of hydrogen-bond acceptors (Lipinski definition) is 4. The van der Waals surface area contributed by atoms with Gasteiger partial charge in [0.05, 0.1) is 24.0 Å². The van der Waals surface area contributed by atoms with Gasteiger partial charge in [-0.15, -0.1) is 13.2 Å². The molecule has 0 saturated heterocycles. The number of nitrogens with two attached hydrogens (primary N) is 1. The number of fused-ring (bicyclic) bond motifs is 1. The second kappa shape index (κ2) is 5.72. The van der Waals surface area contributed by atoms with Crippen molar-refractivity contribution >= 4 is 16.7 Å². The molecular formula is C16H14F3N3O2. The van der Waals surface area contributed by atoms with Gasteiger partial charge in [0.25, 0.3) is 0 Å². The van der Waals surface area contributed by atoms with Gasteiger partial charge in [0.2, 0.25) is 0 Å². The van der Waals surface area contributed by atoms with Crippen molar-refractivity contribution in [3.63, 3.8) is 0 Å². The molecule has 1 aromatic heterocycles. The Morgan fingerprint density at radius 1 is 1.25 bits per heavy atom. The van der Waals surface area contributed by atoms with Gasteiger partial charge in [0.1, 0.15) is 5.75 Å². The molecule has 3 N–H and O–H groups in total. The number of alkyl halides is 3. The van der Waals surface area contributed by atoms with Crippen molar-refractivity contribution in [3.05, 3.63) is 42.2 Å². The van der Waals surface area contributed by atoms with E-state index in [9.17, 15) is 18.3 Å². The van der Waals surface area contributed by atoms with Gasteiger partial charge in [-0.05, 0) is 23.8 Å². The second-order valence-electron chi connectivity index (χ2n) is 5.27. The Kier molecular flexibility index (Phi) is 3.84. The molecule has 0 aliphatic carbocycles. The van der Waals surface area contributed by atoms with E-state index in [1.54, 1.807) is 24.0 Å². The predicted molar refractivity (Wildman–Crippen MR) is 83.2 cm³/mol. The van der Waals surface area contributed by atoms with E-state index in [1.807, 2.05) is 0 Å². The molecule has 8 heteroatoms. The maximum Gasteiger partial charge on any atom is 0.573 e. The first-order valence-corrected chi connectivity index (χ1v) is 6.99. The van der Waals surface area contributed by atoms with Crippen LogP contribution in [0.3, 0.4) is 0 Å². The summed E-state index contributed by atoms with van der Waals surface area (Å²) >= 11 is 0. The van der Waals surface area contributed by atoms with Gasteiger partial charge in [-0.25, -0.2) is 4.98 Å². The number of nitrogens with zero attached hydrogens (tertiary/aromatic N) is 2. The van der Waals surface area contributed by atoms with Gasteiger partial charge in [-0.2, -0.15) is 0 Å². The standard InChI is InChI=1S/C16H14F3N3O2/c1-22-8-21-14-11(6-13(20)12(7-23)15(14)22)9-2-4-10(5-3-9)24-16(17,18)19/h2-6,8,23H,7,20H2,1H3. The molecule has 0 bridgehead atoms. The molecule has 3 aromatic rings. The summed E-state index contributed by atoms with van der Waals surface area (Å²) in [6.07, 6.45) is -3.14. The van der Waals surface area contributed by atoms with Gasteiger partial charge in [-0.3, -0.25) is 0 Å². The summed E-state index contributed by atoms with van der Waals surface area (Å²) < 4.78 is 42.3. The van der Waals surface area contributed by atoms with Crippen molar-refractivity contribution in [2.45, 2.75) is 13.0 Å². The van der Waals surface area contributed by atoms with Crippen LogP contribution in [0.4, 0.5) is 18.9 Å². The first-order valence-electron chi connectivity index (χ1n) is 6.99. The minimum absolute atomic E-state index is 0.236. The van der Waals surface area contributed by atoms with E-state index < -0.39 is 6.36 Å². The summed E-state index contributed by atoms with van der Waals surface area (Å²) in [5.41, 5.74) is 9.55. The van der Waals surface area contributed by atoms with Crippen LogP contribution in [-0.2, 0) is 13.7 Å². The number of aryl methyl sites for hydroxylation is 1. The first kappa shape index (κ1) is 16.1. The van der Waals surface area contributed by atoms with Crippen molar-refractivity contribution in [1.82, 2.24) is 9.55 Å². The number of imidazole rings is 1. The average molecular weight is 337 g/mol. The SMILES string of the molecule is Cn1cnc2c(-c3ccc(OC(F)(F)F)cc3)cc(N)c(CO)c21. The second-order valence-corrected chi connectivity index (χ2v) is 5.27. The number of nitrogen functional groups attached to an aromatic ring is 1. The van der Waals surface area contributed by atoms with Crippen molar-refractivity contribution in [2.24, 2.45) is 7.05 Å².